The van der Waals surface area contributed by atoms with E-state index in [1.165, 1.54) is 0 Å². The van der Waals surface area contributed by atoms with Crippen LogP contribution in [0.4, 0.5) is 10.6 Å². The highest BCUT2D eigenvalue weighted by molar-refractivity contribution is 5.90. The average molecular weight is 437 g/mol. The number of anilines is 1. The van der Waals surface area contributed by atoms with Crippen molar-refractivity contribution in [3.63, 3.8) is 0 Å². The molecule has 0 radical (unpaired) electrons. The van der Waals surface area contributed by atoms with Gasteiger partial charge in [-0.15, -0.1) is 0 Å². The van der Waals surface area contributed by atoms with Crippen LogP contribution in [0.25, 0.3) is 22.4 Å². The fourth-order valence-corrected chi connectivity index (χ4v) is 4.18. The number of carbonyl (C=O) groups is 1. The third-order valence-corrected chi connectivity index (χ3v) is 5.73. The first-order valence-electron chi connectivity index (χ1n) is 11.3. The molecule has 1 fully saturated rings. The van der Waals surface area contributed by atoms with Gasteiger partial charge in [-0.3, -0.25) is 0 Å². The molecule has 1 amide bonds. The fourth-order valence-electron chi connectivity index (χ4n) is 4.18. The molecule has 8 heteroatoms. The number of ether oxygens (including phenoxy) is 1. The topological polar surface area (TPSA) is 94.0 Å². The molecule has 0 bridgehead atoms. The first-order valence-corrected chi connectivity index (χ1v) is 11.3. The Hall–Kier alpha value is -3.16. The molecule has 8 nitrogen and oxygen atoms in total. The first-order chi connectivity index (χ1) is 15.3. The largest absolute Gasteiger partial charge is 0.444 e. The number of hydrogen-bond acceptors (Lipinski definition) is 6. The molecule has 0 saturated heterocycles. The third-order valence-electron chi connectivity index (χ3n) is 5.73. The third kappa shape index (κ3) is 5.36. The van der Waals surface area contributed by atoms with Gasteiger partial charge in [-0.25, -0.2) is 19.4 Å². The number of carbonyl (C=O) groups excluding carboxylic acids is 1. The molecule has 0 aromatic carbocycles. The lowest BCUT2D eigenvalue weighted by atomic mass is 9.86. The lowest BCUT2D eigenvalue weighted by molar-refractivity contribution is 0.0488. The van der Waals surface area contributed by atoms with Crippen molar-refractivity contribution in [1.29, 1.82) is 0 Å². The second-order valence-electron chi connectivity index (χ2n) is 9.50. The number of fused-ring (bicyclic) bond motifs is 1. The van der Waals surface area contributed by atoms with Crippen LogP contribution in [-0.2, 0) is 11.8 Å². The smallest absolute Gasteiger partial charge is 0.407 e. The number of aryl methyl sites for hydroxylation is 1. The minimum atomic E-state index is -0.467. The zero-order valence-electron chi connectivity index (χ0n) is 19.3. The molecule has 0 atom stereocenters. The minimum absolute atomic E-state index is 0.189. The second-order valence-corrected chi connectivity index (χ2v) is 9.50. The van der Waals surface area contributed by atoms with Crippen LogP contribution in [0.3, 0.4) is 0 Å². The van der Waals surface area contributed by atoms with Crippen LogP contribution in [0, 0.1) is 5.92 Å². The first kappa shape index (κ1) is 22.0. The van der Waals surface area contributed by atoms with Crippen LogP contribution in [-0.4, -0.2) is 44.0 Å². The predicted molar refractivity (Wildman–Crippen MR) is 125 cm³/mol. The Morgan fingerprint density at radius 1 is 1.16 bits per heavy atom. The number of nitrogens with zero attached hydrogens (tertiary/aromatic N) is 4. The molecule has 3 aromatic rings. The summed E-state index contributed by atoms with van der Waals surface area (Å²) in [5, 5.41) is 12.1. The van der Waals surface area contributed by atoms with Crippen LogP contribution in [0.2, 0.25) is 0 Å². The van der Waals surface area contributed by atoms with Gasteiger partial charge in [0.1, 0.15) is 17.1 Å². The van der Waals surface area contributed by atoms with Crippen LogP contribution in [0.1, 0.15) is 46.5 Å². The van der Waals surface area contributed by atoms with Crippen molar-refractivity contribution >= 4 is 22.9 Å². The standard InChI is InChI=1S/C24H32N6O2/c1-24(2,3)32-23(31)27-17-12-10-16(11-13-17)15-26-20-9-5-8-19(28-20)21-18-7-6-14-25-22(18)30(4)29-21/h5-9,14,16-17H,10-13,15H2,1-4H3,(H,26,28)(H,27,31). The van der Waals surface area contributed by atoms with Crippen molar-refractivity contribution in [3.8, 4) is 11.4 Å². The van der Waals surface area contributed by atoms with Crippen molar-refractivity contribution in [2.24, 2.45) is 13.0 Å². The number of aromatic nitrogens is 4. The molecule has 3 aromatic heterocycles. The van der Waals surface area contributed by atoms with E-state index in [4.69, 9.17) is 9.72 Å². The Kier molecular flexibility index (Phi) is 6.30. The lowest BCUT2D eigenvalue weighted by Gasteiger charge is -2.30. The summed E-state index contributed by atoms with van der Waals surface area (Å²) in [6.07, 6.45) is 5.50. The SMILES string of the molecule is Cn1nc(-c2cccc(NCC3CCC(NC(=O)OC(C)(C)C)CC3)n2)c2cccnc21. The van der Waals surface area contributed by atoms with Gasteiger partial charge in [0.05, 0.1) is 5.69 Å². The monoisotopic (exact) mass is 436 g/mol. The quantitative estimate of drug-likeness (QED) is 0.610. The number of nitrogens with one attached hydrogen (secondary N) is 2. The summed E-state index contributed by atoms with van der Waals surface area (Å²) >= 11 is 0. The Morgan fingerprint density at radius 2 is 1.94 bits per heavy atom. The van der Waals surface area contributed by atoms with Crippen LogP contribution in [0.5, 0.6) is 0 Å². The highest BCUT2D eigenvalue weighted by atomic mass is 16.6. The molecule has 170 valence electrons. The Labute approximate surface area is 188 Å². The van der Waals surface area contributed by atoms with Crippen molar-refractivity contribution in [2.45, 2.75) is 58.1 Å². The van der Waals surface area contributed by atoms with Gasteiger partial charge in [-0.05, 0) is 76.6 Å². The van der Waals surface area contributed by atoms with Crippen LogP contribution < -0.4 is 10.6 Å². The van der Waals surface area contributed by atoms with E-state index >= 15 is 0 Å². The number of amides is 1. The number of rotatable bonds is 5. The van der Waals surface area contributed by atoms with E-state index in [1.54, 1.807) is 10.9 Å². The lowest BCUT2D eigenvalue weighted by Crippen LogP contribution is -2.41. The Balaban J connectivity index is 1.31. The van der Waals surface area contributed by atoms with E-state index in [0.717, 1.165) is 60.5 Å². The maximum atomic E-state index is 12.0. The highest BCUT2D eigenvalue weighted by Gasteiger charge is 2.24. The minimum Gasteiger partial charge on any atom is -0.444 e. The molecule has 4 rings (SSSR count). The summed E-state index contributed by atoms with van der Waals surface area (Å²) in [5.41, 5.74) is 2.05. The molecule has 3 heterocycles. The van der Waals surface area contributed by atoms with Crippen molar-refractivity contribution in [3.05, 3.63) is 36.5 Å². The molecular formula is C24H32N6O2. The number of pyridine rings is 2. The Morgan fingerprint density at radius 3 is 2.69 bits per heavy atom. The highest BCUT2D eigenvalue weighted by Crippen LogP contribution is 2.27. The number of hydrogen-bond donors (Lipinski definition) is 2. The van der Waals surface area contributed by atoms with Gasteiger partial charge >= 0.3 is 6.09 Å². The van der Waals surface area contributed by atoms with Gasteiger partial charge < -0.3 is 15.4 Å². The van der Waals surface area contributed by atoms with E-state index in [2.05, 4.69) is 20.7 Å². The van der Waals surface area contributed by atoms with Gasteiger partial charge in [-0.2, -0.15) is 5.10 Å². The van der Waals surface area contributed by atoms with Crippen molar-refractivity contribution in [2.75, 3.05) is 11.9 Å². The number of alkyl carbamates (subject to hydrolysis) is 1. The molecule has 2 N–H and O–H groups in total. The van der Waals surface area contributed by atoms with Crippen LogP contribution in [0.15, 0.2) is 36.5 Å². The average Bonchev–Trinajstić information content (AvgIpc) is 3.09. The van der Waals surface area contributed by atoms with Gasteiger partial charge in [0.15, 0.2) is 5.65 Å². The van der Waals surface area contributed by atoms with E-state index in [0.29, 0.717) is 5.92 Å². The summed E-state index contributed by atoms with van der Waals surface area (Å²) < 4.78 is 7.16. The molecule has 0 unspecified atom stereocenters. The summed E-state index contributed by atoms with van der Waals surface area (Å²) in [7, 11) is 1.90. The zero-order chi connectivity index (χ0) is 22.7. The predicted octanol–water partition coefficient (Wildman–Crippen LogP) is 4.53. The zero-order valence-corrected chi connectivity index (χ0v) is 19.3. The summed E-state index contributed by atoms with van der Waals surface area (Å²) in [4.78, 5) is 21.2. The summed E-state index contributed by atoms with van der Waals surface area (Å²) in [5.74, 6) is 1.40. The summed E-state index contributed by atoms with van der Waals surface area (Å²) in [6, 6.07) is 10.1. The van der Waals surface area contributed by atoms with Gasteiger partial charge in [0, 0.05) is 31.2 Å². The molecule has 1 aliphatic carbocycles. The Bertz CT molecular complexity index is 1080. The molecule has 0 spiro atoms. The van der Waals surface area contributed by atoms with Gasteiger partial charge in [0.25, 0.3) is 0 Å². The van der Waals surface area contributed by atoms with E-state index in [9.17, 15) is 4.79 Å². The molecule has 0 aliphatic heterocycles. The molecular weight excluding hydrogens is 404 g/mol. The van der Waals surface area contributed by atoms with E-state index in [1.807, 2.05) is 58.2 Å². The maximum absolute atomic E-state index is 12.0. The molecule has 1 saturated carbocycles. The van der Waals surface area contributed by atoms with Crippen LogP contribution >= 0.6 is 0 Å². The fraction of sp³-hybridized carbons (Fsp3) is 0.500. The van der Waals surface area contributed by atoms with Crippen molar-refractivity contribution in [1.82, 2.24) is 25.1 Å². The molecule has 32 heavy (non-hydrogen) atoms. The maximum Gasteiger partial charge on any atom is 0.407 e. The van der Waals surface area contributed by atoms with Gasteiger partial charge in [0.2, 0.25) is 0 Å². The second kappa shape index (κ2) is 9.14. The van der Waals surface area contributed by atoms with E-state index in [-0.39, 0.29) is 12.1 Å². The summed E-state index contributed by atoms with van der Waals surface area (Å²) in [6.45, 7) is 6.50. The molecule has 1 aliphatic rings. The van der Waals surface area contributed by atoms with Gasteiger partial charge in [-0.1, -0.05) is 6.07 Å². The van der Waals surface area contributed by atoms with E-state index < -0.39 is 5.60 Å². The van der Waals surface area contributed by atoms with Crippen molar-refractivity contribution < 1.29 is 9.53 Å². The normalized spacial score (nSPS) is 19.0.